The number of carbonyl (C=O) groups excluding carboxylic acids is 2. The highest BCUT2D eigenvalue weighted by Gasteiger charge is 2.03. The van der Waals surface area contributed by atoms with Crippen LogP contribution in [0.15, 0.2) is 9.98 Å². The van der Waals surface area contributed by atoms with E-state index >= 15 is 0 Å². The molecule has 0 fully saturated rings. The summed E-state index contributed by atoms with van der Waals surface area (Å²) in [6.07, 6.45) is 1.11. The summed E-state index contributed by atoms with van der Waals surface area (Å²) in [5.74, 6) is 3.10. The molecule has 0 rings (SSSR count). The molecule has 39 heavy (non-hydrogen) atoms. The minimum Gasteiger partial charge on any atom is -0.396 e. The molecule has 2 unspecified atom stereocenters. The van der Waals surface area contributed by atoms with Gasteiger partial charge in [0.05, 0.1) is 61.3 Å². The van der Waals surface area contributed by atoms with Crippen LogP contribution in [-0.4, -0.2) is 114 Å². The zero-order chi connectivity index (χ0) is 28.8. The highest BCUT2D eigenvalue weighted by molar-refractivity contribution is 8.28. The van der Waals surface area contributed by atoms with Gasteiger partial charge in [0.2, 0.25) is 0 Å². The van der Waals surface area contributed by atoms with Gasteiger partial charge in [-0.1, -0.05) is 23.5 Å². The van der Waals surface area contributed by atoms with E-state index in [0.717, 1.165) is 15.3 Å². The Balaban J connectivity index is 3.48. The second kappa shape index (κ2) is 32.2. The average Bonchev–Trinajstić information content (AvgIpc) is 2.92. The van der Waals surface area contributed by atoms with Gasteiger partial charge in [-0.3, -0.25) is 28.0 Å². The predicted molar refractivity (Wildman–Crippen MR) is 188 cm³/mol. The van der Waals surface area contributed by atoms with Crippen LogP contribution in [0.25, 0.3) is 0 Å². The lowest BCUT2D eigenvalue weighted by atomic mass is 10.5. The molecule has 0 aromatic rings. The van der Waals surface area contributed by atoms with Gasteiger partial charge in [0.1, 0.15) is 0 Å². The van der Waals surface area contributed by atoms with E-state index in [0.29, 0.717) is 58.0 Å². The highest BCUT2D eigenvalue weighted by atomic mass is 32.3. The summed E-state index contributed by atoms with van der Waals surface area (Å²) in [6, 6.07) is 0. The summed E-state index contributed by atoms with van der Waals surface area (Å²) in [6.45, 7) is 0.125. The Morgan fingerprint density at radius 2 is 1.26 bits per heavy atom. The lowest BCUT2D eigenvalue weighted by Crippen LogP contribution is -2.18. The van der Waals surface area contributed by atoms with Gasteiger partial charge in [0.25, 0.3) is 10.5 Å². The topological polar surface area (TPSA) is 158 Å². The molecule has 0 aromatic carbocycles. The van der Waals surface area contributed by atoms with E-state index in [1.807, 2.05) is 0 Å². The van der Waals surface area contributed by atoms with Gasteiger partial charge >= 0.3 is 0 Å². The number of nitrogens with one attached hydrogen (secondary N) is 2. The Morgan fingerprint density at radius 3 is 1.87 bits per heavy atom. The number of nitrogens with zero attached hydrogens (tertiary/aromatic N) is 2. The average molecular weight is 737 g/mol. The number of rotatable bonds is 26. The molecule has 0 aliphatic heterocycles. The predicted octanol–water partition coefficient (Wildman–Crippen LogP) is 4.21. The lowest BCUT2D eigenvalue weighted by Gasteiger charge is -2.04. The van der Waals surface area contributed by atoms with Crippen LogP contribution in [0.5, 0.6) is 0 Å². The fourth-order valence-electron chi connectivity index (χ4n) is 1.75. The van der Waals surface area contributed by atoms with Crippen molar-refractivity contribution in [3.63, 3.8) is 0 Å². The molecule has 0 radical (unpaired) electrons. The van der Waals surface area contributed by atoms with Crippen LogP contribution < -0.4 is 10.6 Å². The Kier molecular flexibility index (Phi) is 33.3. The Hall–Kier alpha value is 1.30. The summed E-state index contributed by atoms with van der Waals surface area (Å²) in [7, 11) is -2.25. The summed E-state index contributed by atoms with van der Waals surface area (Å²) < 4.78 is 23.4. The van der Waals surface area contributed by atoms with Crippen LogP contribution in [0.2, 0.25) is 0 Å². The molecule has 20 heteroatoms. The number of aliphatic hydroxyl groups excluding tert-OH is 2. The van der Waals surface area contributed by atoms with Crippen LogP contribution in [0.3, 0.4) is 0 Å². The van der Waals surface area contributed by atoms with Crippen molar-refractivity contribution in [1.29, 1.82) is 0 Å². The van der Waals surface area contributed by atoms with Crippen molar-refractivity contribution < 1.29 is 28.2 Å². The molecule has 4 N–H and O–H groups in total. The minimum absolute atomic E-state index is 0.0332. The Morgan fingerprint density at radius 1 is 0.692 bits per heavy atom. The molecule has 0 aromatic heterocycles. The lowest BCUT2D eigenvalue weighted by molar-refractivity contribution is 0.261. The van der Waals surface area contributed by atoms with E-state index in [4.69, 9.17) is 10.2 Å². The first kappa shape index (κ1) is 40.3. The molecule has 0 bridgehead atoms. The van der Waals surface area contributed by atoms with Crippen molar-refractivity contribution in [2.75, 3.05) is 73.7 Å². The van der Waals surface area contributed by atoms with Gasteiger partial charge in [-0.2, -0.15) is 0 Å². The molecule has 0 aliphatic carbocycles. The Bertz CT molecular complexity index is 739. The number of carbonyl (C=O) groups is 2. The van der Waals surface area contributed by atoms with Gasteiger partial charge in [-0.05, 0) is 12.8 Å². The Labute approximate surface area is 270 Å². The second-order valence-electron chi connectivity index (χ2n) is 6.48. The van der Waals surface area contributed by atoms with Crippen molar-refractivity contribution in [3.05, 3.63) is 0 Å². The normalized spacial score (nSPS) is 13.2. The number of hydrogen-bond acceptors (Lipinski definition) is 16. The SMILES string of the molecule is O=C(NCSCSC/N=C\S(=O)CSCSCSC(=O)NCSCSC/N=C\S(=O)CCCO)SCCCO. The summed E-state index contributed by atoms with van der Waals surface area (Å²) in [5.41, 5.74) is 2.89. The van der Waals surface area contributed by atoms with Crippen LogP contribution in [0, 0.1) is 0 Å². The van der Waals surface area contributed by atoms with Crippen molar-refractivity contribution in [2.45, 2.75) is 12.8 Å². The molecular formula is C19H36N4O6S10. The summed E-state index contributed by atoms with van der Waals surface area (Å²) >= 11 is 11.8. The third-order valence-corrected chi connectivity index (χ3v) is 14.2. The van der Waals surface area contributed by atoms with Gasteiger partial charge in [-0.15, -0.1) is 70.6 Å². The highest BCUT2D eigenvalue weighted by Crippen LogP contribution is 2.19. The van der Waals surface area contributed by atoms with E-state index in [9.17, 15) is 18.0 Å². The number of hydrogen-bond donors (Lipinski definition) is 4. The molecule has 2 atom stereocenters. The molecule has 0 aliphatic rings. The second-order valence-corrected chi connectivity index (χ2v) is 18.8. The zero-order valence-electron chi connectivity index (χ0n) is 21.3. The van der Waals surface area contributed by atoms with Crippen molar-refractivity contribution >= 4 is 137 Å². The maximum Gasteiger partial charge on any atom is 0.280 e. The quantitative estimate of drug-likeness (QED) is 0.0433. The molecule has 0 saturated heterocycles. The monoisotopic (exact) mass is 736 g/mol. The van der Waals surface area contributed by atoms with E-state index in [1.54, 1.807) is 70.6 Å². The first-order chi connectivity index (χ1) is 19.0. The van der Waals surface area contributed by atoms with E-state index in [-0.39, 0.29) is 23.7 Å². The fourth-order valence-corrected chi connectivity index (χ4v) is 10.9. The summed E-state index contributed by atoms with van der Waals surface area (Å²) in [5, 5.41) is 26.2. The minimum atomic E-state index is -1.13. The molecule has 2 amide bonds. The van der Waals surface area contributed by atoms with Gasteiger partial charge in [0.15, 0.2) is 0 Å². The van der Waals surface area contributed by atoms with Crippen LogP contribution >= 0.6 is 94.1 Å². The number of amides is 2. The van der Waals surface area contributed by atoms with Crippen LogP contribution in [0.1, 0.15) is 12.8 Å². The smallest absolute Gasteiger partial charge is 0.280 e. The van der Waals surface area contributed by atoms with Crippen LogP contribution in [-0.2, 0) is 21.6 Å². The maximum absolute atomic E-state index is 11.9. The van der Waals surface area contributed by atoms with Crippen molar-refractivity contribution in [3.8, 4) is 0 Å². The summed E-state index contributed by atoms with van der Waals surface area (Å²) in [4.78, 5) is 31.5. The van der Waals surface area contributed by atoms with Gasteiger partial charge < -0.3 is 20.8 Å². The van der Waals surface area contributed by atoms with Crippen LogP contribution in [0.4, 0.5) is 9.59 Å². The van der Waals surface area contributed by atoms with Gasteiger partial charge in [-0.25, -0.2) is 0 Å². The zero-order valence-corrected chi connectivity index (χ0v) is 29.4. The van der Waals surface area contributed by atoms with Gasteiger partial charge in [0, 0.05) is 45.1 Å². The third kappa shape index (κ3) is 32.1. The molecular weight excluding hydrogens is 701 g/mol. The number of aliphatic imine (C=N–C) groups is 2. The fraction of sp³-hybridized carbons (Fsp3) is 0.789. The van der Waals surface area contributed by atoms with Crippen molar-refractivity contribution in [2.24, 2.45) is 9.98 Å². The van der Waals surface area contributed by atoms with E-state index < -0.39 is 21.6 Å². The standard InChI is InChI=1S/C19H36N4O6S10/c24-3-1-5-36-18(26)22-9-32-14-31-8-21-12-39(29)17-35-15-34-16-37-19(27)23-10-33-13-30-7-20-11-38(28)6-2-4-25/h11-12,24-25H,1-10,13-17H2,(H,22,26)(H,23,27)/b20-11-,21-12-. The maximum atomic E-state index is 11.9. The third-order valence-electron chi connectivity index (χ3n) is 3.37. The van der Waals surface area contributed by atoms with Crippen molar-refractivity contribution in [1.82, 2.24) is 10.6 Å². The van der Waals surface area contributed by atoms with E-state index in [1.165, 1.54) is 34.6 Å². The molecule has 10 nitrogen and oxygen atoms in total. The molecule has 0 heterocycles. The molecule has 0 saturated carbocycles. The largest absolute Gasteiger partial charge is 0.396 e. The molecule has 0 spiro atoms. The number of aliphatic hydroxyl groups is 2. The molecule has 228 valence electrons. The first-order valence-electron chi connectivity index (χ1n) is 11.2. The van der Waals surface area contributed by atoms with E-state index in [2.05, 4.69) is 20.6 Å². The first-order valence-corrected chi connectivity index (χ1v) is 22.9. The number of thioether (sulfide) groups is 8.